The van der Waals surface area contributed by atoms with Crippen LogP contribution in [0.2, 0.25) is 0 Å². The minimum absolute atomic E-state index is 0.238. The Morgan fingerprint density at radius 3 is 2.19 bits per heavy atom. The summed E-state index contributed by atoms with van der Waals surface area (Å²) in [7, 11) is 0. The topological polar surface area (TPSA) is 47.6 Å². The van der Waals surface area contributed by atoms with Crippen LogP contribution >= 0.6 is 0 Å². The Hall–Kier alpha value is -3.27. The van der Waals surface area contributed by atoms with Gasteiger partial charge in [-0.2, -0.15) is 0 Å². The van der Waals surface area contributed by atoms with E-state index in [0.717, 1.165) is 11.1 Å². The average Bonchev–Trinajstić information content (AvgIpc) is 2.63. The first-order valence-electron chi connectivity index (χ1n) is 8.89. The Bertz CT molecular complexity index is 902. The third-order valence-corrected chi connectivity index (χ3v) is 3.99. The number of carbonyl (C=O) groups excluding carboxylic acids is 1. The lowest BCUT2D eigenvalue weighted by Gasteiger charge is -2.17. The lowest BCUT2D eigenvalue weighted by Crippen LogP contribution is -2.30. The molecule has 0 unspecified atom stereocenters. The van der Waals surface area contributed by atoms with E-state index in [-0.39, 0.29) is 5.91 Å². The Labute approximate surface area is 159 Å². The van der Waals surface area contributed by atoms with Crippen LogP contribution < -0.4 is 14.8 Å². The molecule has 1 amide bonds. The van der Waals surface area contributed by atoms with Crippen LogP contribution in [0.4, 0.5) is 5.69 Å². The summed E-state index contributed by atoms with van der Waals surface area (Å²) in [5, 5.41) is 2.89. The van der Waals surface area contributed by atoms with Crippen LogP contribution in [-0.2, 0) is 4.79 Å². The van der Waals surface area contributed by atoms with E-state index in [4.69, 9.17) is 9.47 Å². The zero-order chi connectivity index (χ0) is 19.2. The third-order valence-electron chi connectivity index (χ3n) is 3.99. The second kappa shape index (κ2) is 8.41. The molecule has 0 bridgehead atoms. The maximum atomic E-state index is 12.6. The van der Waals surface area contributed by atoms with Crippen LogP contribution in [0, 0.1) is 13.8 Å². The fourth-order valence-corrected chi connectivity index (χ4v) is 2.77. The second-order valence-electron chi connectivity index (χ2n) is 6.48. The normalized spacial score (nSPS) is 11.5. The summed E-state index contributed by atoms with van der Waals surface area (Å²) in [6.07, 6.45) is -0.643. The smallest absolute Gasteiger partial charge is 0.265 e. The van der Waals surface area contributed by atoms with Crippen LogP contribution in [0.15, 0.2) is 72.8 Å². The van der Waals surface area contributed by atoms with E-state index in [1.54, 1.807) is 13.0 Å². The molecule has 0 radical (unpaired) electrons. The van der Waals surface area contributed by atoms with E-state index in [0.29, 0.717) is 22.9 Å². The van der Waals surface area contributed by atoms with Gasteiger partial charge in [-0.1, -0.05) is 36.4 Å². The molecule has 4 heteroatoms. The Kier molecular flexibility index (Phi) is 5.77. The first-order chi connectivity index (χ1) is 13.0. The van der Waals surface area contributed by atoms with Crippen molar-refractivity contribution in [2.24, 2.45) is 0 Å². The fourth-order valence-electron chi connectivity index (χ4n) is 2.77. The summed E-state index contributed by atoms with van der Waals surface area (Å²) in [5.74, 6) is 1.73. The molecule has 1 N–H and O–H groups in total. The van der Waals surface area contributed by atoms with Gasteiger partial charge in [0.05, 0.1) is 5.69 Å². The summed E-state index contributed by atoms with van der Waals surface area (Å²) in [4.78, 5) is 12.6. The van der Waals surface area contributed by atoms with Crippen LogP contribution in [-0.4, -0.2) is 12.0 Å². The van der Waals surface area contributed by atoms with Gasteiger partial charge in [-0.25, -0.2) is 0 Å². The largest absolute Gasteiger partial charge is 0.481 e. The van der Waals surface area contributed by atoms with E-state index >= 15 is 0 Å². The molecular formula is C23H23NO3. The van der Waals surface area contributed by atoms with Gasteiger partial charge in [0, 0.05) is 0 Å². The summed E-state index contributed by atoms with van der Waals surface area (Å²) in [5.41, 5.74) is 2.79. The van der Waals surface area contributed by atoms with Crippen molar-refractivity contribution in [3.05, 3.63) is 83.9 Å². The maximum Gasteiger partial charge on any atom is 0.265 e. The predicted molar refractivity (Wildman–Crippen MR) is 108 cm³/mol. The van der Waals surface area contributed by atoms with E-state index in [2.05, 4.69) is 11.4 Å². The monoisotopic (exact) mass is 361 g/mol. The molecule has 1 atom stereocenters. The highest BCUT2D eigenvalue weighted by molar-refractivity contribution is 5.95. The zero-order valence-electron chi connectivity index (χ0n) is 15.7. The number of ether oxygens (including phenoxy) is 2. The minimum Gasteiger partial charge on any atom is -0.481 e. The molecule has 27 heavy (non-hydrogen) atoms. The molecule has 138 valence electrons. The predicted octanol–water partition coefficient (Wildman–Crippen LogP) is 5.50. The molecular weight excluding hydrogens is 338 g/mol. The van der Waals surface area contributed by atoms with Crippen LogP contribution in [0.1, 0.15) is 18.1 Å². The number of rotatable bonds is 6. The number of para-hydroxylation sites is 3. The lowest BCUT2D eigenvalue weighted by molar-refractivity contribution is -0.122. The number of amides is 1. The van der Waals surface area contributed by atoms with Gasteiger partial charge < -0.3 is 14.8 Å². The first kappa shape index (κ1) is 18.5. The molecule has 0 aromatic heterocycles. The molecule has 0 saturated heterocycles. The van der Waals surface area contributed by atoms with Crippen molar-refractivity contribution < 1.29 is 14.3 Å². The number of carbonyl (C=O) groups is 1. The molecule has 0 saturated carbocycles. The van der Waals surface area contributed by atoms with Crippen molar-refractivity contribution in [3.63, 3.8) is 0 Å². The van der Waals surface area contributed by atoms with Crippen molar-refractivity contribution in [2.45, 2.75) is 26.9 Å². The van der Waals surface area contributed by atoms with Gasteiger partial charge in [0.1, 0.15) is 11.5 Å². The molecule has 0 fully saturated rings. The number of benzene rings is 3. The number of anilines is 1. The SMILES string of the molecule is Cc1cc(C)cc(O[C@H](C)C(=O)Nc2ccccc2Oc2ccccc2)c1. The molecule has 3 rings (SSSR count). The Morgan fingerprint density at radius 2 is 1.48 bits per heavy atom. The van der Waals surface area contributed by atoms with Gasteiger partial charge in [0.25, 0.3) is 5.91 Å². The molecule has 3 aromatic carbocycles. The fraction of sp³-hybridized carbons (Fsp3) is 0.174. The van der Waals surface area contributed by atoms with Gasteiger partial charge in [0.2, 0.25) is 0 Å². The minimum atomic E-state index is -0.643. The van der Waals surface area contributed by atoms with Crippen molar-refractivity contribution in [3.8, 4) is 17.2 Å². The van der Waals surface area contributed by atoms with Crippen LogP contribution in [0.5, 0.6) is 17.2 Å². The summed E-state index contributed by atoms with van der Waals surface area (Å²) >= 11 is 0. The van der Waals surface area contributed by atoms with Crippen molar-refractivity contribution in [1.82, 2.24) is 0 Å². The molecule has 3 aromatic rings. The Morgan fingerprint density at radius 1 is 0.852 bits per heavy atom. The summed E-state index contributed by atoms with van der Waals surface area (Å²) < 4.78 is 11.7. The summed E-state index contributed by atoms with van der Waals surface area (Å²) in [6, 6.07) is 22.7. The van der Waals surface area contributed by atoms with E-state index in [1.165, 1.54) is 0 Å². The highest BCUT2D eigenvalue weighted by Gasteiger charge is 2.17. The molecule has 0 aliphatic heterocycles. The quantitative estimate of drug-likeness (QED) is 0.630. The second-order valence-corrected chi connectivity index (χ2v) is 6.48. The molecule has 0 heterocycles. The Balaban J connectivity index is 1.70. The van der Waals surface area contributed by atoms with Gasteiger partial charge in [-0.05, 0) is 68.3 Å². The zero-order valence-corrected chi connectivity index (χ0v) is 15.7. The van der Waals surface area contributed by atoms with E-state index in [1.807, 2.05) is 74.5 Å². The number of nitrogens with one attached hydrogen (secondary N) is 1. The molecule has 4 nitrogen and oxygen atoms in total. The van der Waals surface area contributed by atoms with Crippen LogP contribution in [0.25, 0.3) is 0 Å². The van der Waals surface area contributed by atoms with Gasteiger partial charge in [-0.3, -0.25) is 4.79 Å². The van der Waals surface area contributed by atoms with Gasteiger partial charge in [-0.15, -0.1) is 0 Å². The molecule has 0 spiro atoms. The maximum absolute atomic E-state index is 12.6. The average molecular weight is 361 g/mol. The highest BCUT2D eigenvalue weighted by Crippen LogP contribution is 2.29. The number of hydrogen-bond donors (Lipinski definition) is 1. The first-order valence-corrected chi connectivity index (χ1v) is 8.89. The van der Waals surface area contributed by atoms with E-state index < -0.39 is 6.10 Å². The summed E-state index contributed by atoms with van der Waals surface area (Å²) in [6.45, 7) is 5.73. The van der Waals surface area contributed by atoms with Gasteiger partial charge in [0.15, 0.2) is 11.9 Å². The molecule has 0 aliphatic carbocycles. The van der Waals surface area contributed by atoms with E-state index in [9.17, 15) is 4.79 Å². The number of hydrogen-bond acceptors (Lipinski definition) is 3. The highest BCUT2D eigenvalue weighted by atomic mass is 16.5. The lowest BCUT2D eigenvalue weighted by atomic mass is 10.1. The third kappa shape index (κ3) is 5.11. The number of aryl methyl sites for hydroxylation is 2. The van der Waals surface area contributed by atoms with Crippen molar-refractivity contribution in [1.29, 1.82) is 0 Å². The van der Waals surface area contributed by atoms with Crippen molar-refractivity contribution in [2.75, 3.05) is 5.32 Å². The van der Waals surface area contributed by atoms with Crippen molar-refractivity contribution >= 4 is 11.6 Å². The standard InChI is InChI=1S/C23H23NO3/c1-16-13-17(2)15-20(14-16)26-18(3)23(25)24-21-11-7-8-12-22(21)27-19-9-5-4-6-10-19/h4-15,18H,1-3H3,(H,24,25)/t18-/m1/s1. The molecule has 0 aliphatic rings. The van der Waals surface area contributed by atoms with Crippen LogP contribution in [0.3, 0.4) is 0 Å². The van der Waals surface area contributed by atoms with Gasteiger partial charge >= 0.3 is 0 Å².